The molecule has 1 unspecified atom stereocenters. The maximum atomic E-state index is 13.9. The summed E-state index contributed by atoms with van der Waals surface area (Å²) in [6.45, 7) is 5.34. The molecule has 11 nitrogen and oxygen atoms in total. The van der Waals surface area contributed by atoms with E-state index in [2.05, 4.69) is 30.8 Å². The summed E-state index contributed by atoms with van der Waals surface area (Å²) in [5, 5.41) is 10.7. The number of carbonyl (C=O) groups excluding carboxylic acids is 1. The Morgan fingerprint density at radius 2 is 1.71 bits per heavy atom. The highest BCUT2D eigenvalue weighted by Crippen LogP contribution is 2.47. The van der Waals surface area contributed by atoms with Crippen molar-refractivity contribution in [1.29, 1.82) is 0 Å². The van der Waals surface area contributed by atoms with Crippen molar-refractivity contribution in [1.82, 2.24) is 14.7 Å². The minimum absolute atomic E-state index is 0.0451. The standard InChI is InChI=1S/C34H47N3O8/c1-5-6-15-36(16-8-7-14-35(2)3)30(38)20-37-19-25(24-17-28(41-4)33-29(18-24)43-22-45-33)31(34(39)40)26(37)13-12-23-10-9-11-27-32(23)44-21-42-27/h9-11,17-18,25-26,31H,5-8,12-16,19-22H2,1-4H3,(H,39,40)/t25-,26+,31?/m1/s1. The number of likely N-dealkylation sites (tertiary alicyclic amines) is 1. The molecule has 0 spiro atoms. The molecule has 1 saturated heterocycles. The van der Waals surface area contributed by atoms with E-state index < -0.39 is 11.9 Å². The molecule has 0 bridgehead atoms. The lowest BCUT2D eigenvalue weighted by atomic mass is 9.83. The second-order valence-corrected chi connectivity index (χ2v) is 12.4. The van der Waals surface area contributed by atoms with E-state index >= 15 is 0 Å². The van der Waals surface area contributed by atoms with Gasteiger partial charge in [0.05, 0.1) is 19.6 Å². The largest absolute Gasteiger partial charge is 0.493 e. The molecule has 2 aromatic carbocycles. The average Bonchev–Trinajstić information content (AvgIpc) is 3.77. The van der Waals surface area contributed by atoms with Gasteiger partial charge in [0.1, 0.15) is 0 Å². The molecule has 3 atom stereocenters. The van der Waals surface area contributed by atoms with Crippen LogP contribution in [0.3, 0.4) is 0 Å². The molecule has 0 aliphatic carbocycles. The van der Waals surface area contributed by atoms with Crippen molar-refractivity contribution in [2.24, 2.45) is 5.92 Å². The van der Waals surface area contributed by atoms with Gasteiger partial charge < -0.3 is 38.6 Å². The predicted molar refractivity (Wildman–Crippen MR) is 169 cm³/mol. The third kappa shape index (κ3) is 7.58. The highest BCUT2D eigenvalue weighted by Gasteiger charge is 2.47. The summed E-state index contributed by atoms with van der Waals surface area (Å²) in [4.78, 5) is 33.2. The second kappa shape index (κ2) is 15.1. The van der Waals surface area contributed by atoms with Crippen LogP contribution in [0.1, 0.15) is 56.1 Å². The van der Waals surface area contributed by atoms with E-state index in [0.29, 0.717) is 61.2 Å². The van der Waals surface area contributed by atoms with Crippen molar-refractivity contribution in [2.75, 3.05) is 67.5 Å². The number of hydrogen-bond acceptors (Lipinski definition) is 9. The Morgan fingerprint density at radius 3 is 2.44 bits per heavy atom. The lowest BCUT2D eigenvalue weighted by Crippen LogP contribution is -2.45. The number of aliphatic carboxylic acids is 1. The van der Waals surface area contributed by atoms with Gasteiger partial charge in [-0.05, 0) is 82.1 Å². The van der Waals surface area contributed by atoms with Gasteiger partial charge in [0.15, 0.2) is 23.0 Å². The lowest BCUT2D eigenvalue weighted by molar-refractivity contribution is -0.143. The number of rotatable bonds is 16. The first-order valence-electron chi connectivity index (χ1n) is 16.0. The fraction of sp³-hybridized carbons (Fsp3) is 0.588. The van der Waals surface area contributed by atoms with Gasteiger partial charge in [-0.1, -0.05) is 25.5 Å². The molecule has 3 aliphatic heterocycles. The van der Waals surface area contributed by atoms with Crippen LogP contribution in [-0.2, 0) is 16.0 Å². The first-order valence-corrected chi connectivity index (χ1v) is 16.0. The van der Waals surface area contributed by atoms with Crippen molar-refractivity contribution >= 4 is 11.9 Å². The zero-order valence-electron chi connectivity index (χ0n) is 27.0. The Bertz CT molecular complexity index is 1330. The molecule has 0 saturated carbocycles. The van der Waals surface area contributed by atoms with Crippen LogP contribution < -0.4 is 23.7 Å². The highest BCUT2D eigenvalue weighted by molar-refractivity contribution is 5.79. The Labute approximate surface area is 265 Å². The van der Waals surface area contributed by atoms with Crippen molar-refractivity contribution in [2.45, 2.75) is 57.4 Å². The number of fused-ring (bicyclic) bond motifs is 2. The number of methoxy groups -OCH3 is 1. The molecule has 246 valence electrons. The van der Waals surface area contributed by atoms with Crippen molar-refractivity contribution in [3.05, 3.63) is 41.5 Å². The minimum Gasteiger partial charge on any atom is -0.493 e. The van der Waals surface area contributed by atoms with Gasteiger partial charge in [-0.2, -0.15) is 0 Å². The van der Waals surface area contributed by atoms with E-state index in [1.54, 1.807) is 7.11 Å². The second-order valence-electron chi connectivity index (χ2n) is 12.4. The number of carbonyl (C=O) groups is 2. The SMILES string of the molecule is CCCCN(CCCCN(C)C)C(=O)CN1C[C@H](c2cc(OC)c3c(c2)OCO3)C(C(=O)O)[C@@H]1CCc1cccc2c1OCO2. The maximum absolute atomic E-state index is 13.9. The third-order valence-corrected chi connectivity index (χ3v) is 9.09. The quantitative estimate of drug-likeness (QED) is 0.272. The molecular formula is C34H47N3O8. The van der Waals surface area contributed by atoms with E-state index in [1.807, 2.05) is 35.2 Å². The third-order valence-electron chi connectivity index (χ3n) is 9.09. The van der Waals surface area contributed by atoms with Crippen LogP contribution in [0.2, 0.25) is 0 Å². The Kier molecular flexibility index (Phi) is 10.9. The fourth-order valence-corrected chi connectivity index (χ4v) is 6.76. The molecule has 45 heavy (non-hydrogen) atoms. The Balaban J connectivity index is 1.41. The minimum atomic E-state index is -0.888. The van der Waals surface area contributed by atoms with Crippen molar-refractivity contribution in [3.8, 4) is 28.7 Å². The van der Waals surface area contributed by atoms with Crippen LogP contribution in [-0.4, -0.2) is 105 Å². The van der Waals surface area contributed by atoms with Crippen molar-refractivity contribution < 1.29 is 38.4 Å². The fourth-order valence-electron chi connectivity index (χ4n) is 6.76. The summed E-state index contributed by atoms with van der Waals surface area (Å²) < 4.78 is 28.2. The molecule has 1 N–H and O–H groups in total. The predicted octanol–water partition coefficient (Wildman–Crippen LogP) is 4.22. The monoisotopic (exact) mass is 625 g/mol. The number of benzene rings is 2. The van der Waals surface area contributed by atoms with Gasteiger partial charge in [-0.25, -0.2) is 0 Å². The van der Waals surface area contributed by atoms with Crippen LogP contribution in [0.4, 0.5) is 0 Å². The van der Waals surface area contributed by atoms with Crippen molar-refractivity contribution in [3.63, 3.8) is 0 Å². The first-order chi connectivity index (χ1) is 21.8. The molecule has 1 fully saturated rings. The van der Waals surface area contributed by atoms with Gasteiger partial charge in [-0.3, -0.25) is 14.5 Å². The lowest BCUT2D eigenvalue weighted by Gasteiger charge is -2.30. The summed E-state index contributed by atoms with van der Waals surface area (Å²) in [6, 6.07) is 9.13. The topological polar surface area (TPSA) is 110 Å². The number of carboxylic acids is 1. The number of hydrogen-bond donors (Lipinski definition) is 1. The summed E-state index contributed by atoms with van der Waals surface area (Å²) >= 11 is 0. The zero-order chi connectivity index (χ0) is 31.9. The zero-order valence-corrected chi connectivity index (χ0v) is 27.0. The van der Waals surface area contributed by atoms with Crippen LogP contribution in [0.25, 0.3) is 0 Å². The summed E-state index contributed by atoms with van der Waals surface area (Å²) in [5.74, 6) is 1.02. The molecule has 0 radical (unpaired) electrons. The number of nitrogens with zero attached hydrogens (tertiary/aromatic N) is 3. The smallest absolute Gasteiger partial charge is 0.308 e. The highest BCUT2D eigenvalue weighted by atomic mass is 16.7. The van der Waals surface area contributed by atoms with Gasteiger partial charge in [-0.15, -0.1) is 0 Å². The number of para-hydroxylation sites is 1. The molecule has 1 amide bonds. The molecular weight excluding hydrogens is 578 g/mol. The van der Waals surface area contributed by atoms with E-state index in [9.17, 15) is 14.7 Å². The van der Waals surface area contributed by atoms with Gasteiger partial charge >= 0.3 is 5.97 Å². The number of amides is 1. The Hall–Kier alpha value is -3.70. The Morgan fingerprint density at radius 1 is 0.978 bits per heavy atom. The van der Waals surface area contributed by atoms with Crippen LogP contribution in [0, 0.1) is 5.92 Å². The van der Waals surface area contributed by atoms with Crippen LogP contribution >= 0.6 is 0 Å². The van der Waals surface area contributed by atoms with Gasteiger partial charge in [0, 0.05) is 31.6 Å². The molecule has 11 heteroatoms. The normalized spacial score (nSPS) is 20.2. The molecule has 5 rings (SSSR count). The summed E-state index contributed by atoms with van der Waals surface area (Å²) in [6.07, 6.45) is 5.00. The van der Waals surface area contributed by atoms with Crippen LogP contribution in [0.15, 0.2) is 30.3 Å². The number of ether oxygens (including phenoxy) is 5. The van der Waals surface area contributed by atoms with E-state index in [-0.39, 0.29) is 38.0 Å². The maximum Gasteiger partial charge on any atom is 0.308 e. The van der Waals surface area contributed by atoms with E-state index in [4.69, 9.17) is 23.7 Å². The van der Waals surface area contributed by atoms with Gasteiger partial charge in [0.25, 0.3) is 0 Å². The number of carboxylic acid groups (broad SMARTS) is 1. The van der Waals surface area contributed by atoms with Crippen LogP contribution in [0.5, 0.6) is 28.7 Å². The van der Waals surface area contributed by atoms with E-state index in [0.717, 1.165) is 43.4 Å². The average molecular weight is 626 g/mol. The van der Waals surface area contributed by atoms with Gasteiger partial charge in [0.2, 0.25) is 25.2 Å². The number of aryl methyl sites for hydroxylation is 1. The molecule has 3 aliphatic rings. The molecule has 3 heterocycles. The summed E-state index contributed by atoms with van der Waals surface area (Å²) in [5.41, 5.74) is 1.77. The molecule has 0 aromatic heterocycles. The molecule has 2 aromatic rings. The van der Waals surface area contributed by atoms with E-state index in [1.165, 1.54) is 0 Å². The summed E-state index contributed by atoms with van der Waals surface area (Å²) in [7, 11) is 5.68. The first kappa shape index (κ1) is 32.7. The number of unbranched alkanes of at least 4 members (excludes halogenated alkanes) is 2.